The van der Waals surface area contributed by atoms with Crippen LogP contribution in [0.1, 0.15) is 20.8 Å². The van der Waals surface area contributed by atoms with E-state index in [1.807, 2.05) is 13.8 Å². The van der Waals surface area contributed by atoms with Crippen LogP contribution < -0.4 is 5.32 Å². The monoisotopic (exact) mass is 202 g/mol. The summed E-state index contributed by atoms with van der Waals surface area (Å²) < 4.78 is 0. The average molecular weight is 202 g/mol. The summed E-state index contributed by atoms with van der Waals surface area (Å²) in [5.74, 6) is -0.441. The molecular weight excluding hydrogens is 184 g/mol. The third-order valence-electron chi connectivity index (χ3n) is 1.88. The molecule has 0 fully saturated rings. The Labute approximate surface area is 84.4 Å². The van der Waals surface area contributed by atoms with Gasteiger partial charge in [0, 0.05) is 14.0 Å². The summed E-state index contributed by atoms with van der Waals surface area (Å²) in [7, 11) is 2.92. The first-order valence-electron chi connectivity index (χ1n) is 4.49. The van der Waals surface area contributed by atoms with Gasteiger partial charge in [-0.1, -0.05) is 13.8 Å². The number of rotatable bonds is 4. The number of carbonyl (C=O) groups is 2. The Kier molecular flexibility index (Phi) is 5.15. The highest BCUT2D eigenvalue weighted by molar-refractivity contribution is 5.86. The fraction of sp³-hybridized carbons (Fsp3) is 0.778. The fourth-order valence-electron chi connectivity index (χ4n) is 1.02. The molecule has 0 radical (unpaired) electrons. The van der Waals surface area contributed by atoms with Gasteiger partial charge in [-0.05, 0) is 5.92 Å². The molecule has 0 heterocycles. The minimum Gasteiger partial charge on any atom is -0.344 e. The van der Waals surface area contributed by atoms with E-state index in [0.717, 1.165) is 5.06 Å². The van der Waals surface area contributed by atoms with Crippen molar-refractivity contribution in [2.45, 2.75) is 26.8 Å². The van der Waals surface area contributed by atoms with Crippen LogP contribution in [-0.4, -0.2) is 37.1 Å². The number of carbonyl (C=O) groups excluding carboxylic acids is 2. The van der Waals surface area contributed by atoms with E-state index in [9.17, 15) is 9.59 Å². The van der Waals surface area contributed by atoms with Crippen molar-refractivity contribution in [3.8, 4) is 0 Å². The standard InChI is InChI=1S/C9H18N2O3/c1-6(2)8(10-7(3)12)9(13)11(4)14-5/h6,8H,1-5H3,(H,10,12). The van der Waals surface area contributed by atoms with Gasteiger partial charge in [-0.15, -0.1) is 0 Å². The normalized spacial score (nSPS) is 12.4. The van der Waals surface area contributed by atoms with Crippen molar-refractivity contribution in [1.29, 1.82) is 0 Å². The Balaban J connectivity index is 4.49. The Bertz CT molecular complexity index is 216. The maximum Gasteiger partial charge on any atom is 0.268 e. The van der Waals surface area contributed by atoms with Crippen LogP contribution in [0.25, 0.3) is 0 Å². The molecule has 0 spiro atoms. The van der Waals surface area contributed by atoms with Crippen molar-refractivity contribution in [1.82, 2.24) is 10.4 Å². The zero-order chi connectivity index (χ0) is 11.3. The highest BCUT2D eigenvalue weighted by atomic mass is 16.7. The van der Waals surface area contributed by atoms with Gasteiger partial charge in [0.25, 0.3) is 5.91 Å². The molecule has 5 nitrogen and oxygen atoms in total. The lowest BCUT2D eigenvalue weighted by molar-refractivity contribution is -0.172. The molecule has 0 aromatic rings. The molecule has 5 heteroatoms. The second-order valence-electron chi connectivity index (χ2n) is 3.44. The summed E-state index contributed by atoms with van der Waals surface area (Å²) in [5.41, 5.74) is 0. The molecule has 1 N–H and O–H groups in total. The van der Waals surface area contributed by atoms with Crippen molar-refractivity contribution in [3.63, 3.8) is 0 Å². The third-order valence-corrected chi connectivity index (χ3v) is 1.88. The molecule has 0 aliphatic heterocycles. The molecule has 0 aromatic heterocycles. The first-order chi connectivity index (χ1) is 6.40. The van der Waals surface area contributed by atoms with E-state index in [2.05, 4.69) is 5.32 Å². The quantitative estimate of drug-likeness (QED) is 0.661. The van der Waals surface area contributed by atoms with E-state index in [4.69, 9.17) is 4.84 Å². The van der Waals surface area contributed by atoms with Crippen molar-refractivity contribution < 1.29 is 14.4 Å². The number of hydrogen-bond acceptors (Lipinski definition) is 3. The lowest BCUT2D eigenvalue weighted by atomic mass is 10.0. The van der Waals surface area contributed by atoms with Crippen LogP contribution in [-0.2, 0) is 14.4 Å². The Morgan fingerprint density at radius 1 is 1.36 bits per heavy atom. The molecule has 0 saturated carbocycles. The largest absolute Gasteiger partial charge is 0.344 e. The van der Waals surface area contributed by atoms with Crippen LogP contribution in [0, 0.1) is 5.92 Å². The number of amides is 2. The molecule has 0 aromatic carbocycles. The van der Waals surface area contributed by atoms with E-state index in [1.54, 1.807) is 0 Å². The van der Waals surface area contributed by atoms with Crippen molar-refractivity contribution in [3.05, 3.63) is 0 Å². The second-order valence-corrected chi connectivity index (χ2v) is 3.44. The van der Waals surface area contributed by atoms with E-state index in [-0.39, 0.29) is 17.7 Å². The van der Waals surface area contributed by atoms with E-state index >= 15 is 0 Å². The first-order valence-corrected chi connectivity index (χ1v) is 4.49. The van der Waals surface area contributed by atoms with Crippen LogP contribution in [0.2, 0.25) is 0 Å². The summed E-state index contributed by atoms with van der Waals surface area (Å²) >= 11 is 0. The van der Waals surface area contributed by atoms with Gasteiger partial charge in [-0.25, -0.2) is 5.06 Å². The highest BCUT2D eigenvalue weighted by Crippen LogP contribution is 2.05. The molecule has 82 valence electrons. The third kappa shape index (κ3) is 3.74. The van der Waals surface area contributed by atoms with Crippen LogP contribution in [0.5, 0.6) is 0 Å². The van der Waals surface area contributed by atoms with Crippen molar-refractivity contribution in [2.75, 3.05) is 14.2 Å². The van der Waals surface area contributed by atoms with E-state index < -0.39 is 6.04 Å². The molecular formula is C9H18N2O3. The molecule has 0 bridgehead atoms. The Morgan fingerprint density at radius 3 is 2.14 bits per heavy atom. The van der Waals surface area contributed by atoms with Gasteiger partial charge in [0.15, 0.2) is 0 Å². The number of nitrogens with one attached hydrogen (secondary N) is 1. The van der Waals surface area contributed by atoms with Gasteiger partial charge in [0.2, 0.25) is 5.91 Å². The van der Waals surface area contributed by atoms with Gasteiger partial charge in [-0.2, -0.15) is 0 Å². The average Bonchev–Trinajstić information content (AvgIpc) is 2.11. The van der Waals surface area contributed by atoms with Gasteiger partial charge >= 0.3 is 0 Å². The molecule has 0 aliphatic rings. The van der Waals surface area contributed by atoms with Crippen LogP contribution in [0.3, 0.4) is 0 Å². The van der Waals surface area contributed by atoms with Gasteiger partial charge in [0.05, 0.1) is 7.11 Å². The zero-order valence-electron chi connectivity index (χ0n) is 9.33. The maximum atomic E-state index is 11.6. The van der Waals surface area contributed by atoms with Gasteiger partial charge in [-0.3, -0.25) is 14.4 Å². The molecule has 0 rings (SSSR count). The summed E-state index contributed by atoms with van der Waals surface area (Å²) in [6.07, 6.45) is 0. The predicted molar refractivity (Wildman–Crippen MR) is 52.2 cm³/mol. The summed E-state index contributed by atoms with van der Waals surface area (Å²) in [6, 6.07) is -0.530. The minimum absolute atomic E-state index is 0.0315. The highest BCUT2D eigenvalue weighted by Gasteiger charge is 2.25. The first kappa shape index (κ1) is 12.9. The second kappa shape index (κ2) is 5.59. The smallest absolute Gasteiger partial charge is 0.268 e. The zero-order valence-corrected chi connectivity index (χ0v) is 9.33. The number of nitrogens with zero attached hydrogens (tertiary/aromatic N) is 1. The lowest BCUT2D eigenvalue weighted by Gasteiger charge is -2.24. The predicted octanol–water partition coefficient (Wildman–Crippen LogP) is 0.167. The molecule has 1 atom stereocenters. The SMILES string of the molecule is CON(C)C(=O)C(NC(C)=O)C(C)C. The topological polar surface area (TPSA) is 58.6 Å². The van der Waals surface area contributed by atoms with Crippen LogP contribution in [0.15, 0.2) is 0 Å². The molecule has 0 saturated heterocycles. The van der Waals surface area contributed by atoms with Crippen molar-refractivity contribution >= 4 is 11.8 Å². The van der Waals surface area contributed by atoms with E-state index in [1.165, 1.54) is 21.1 Å². The lowest BCUT2D eigenvalue weighted by Crippen LogP contribution is -2.49. The summed E-state index contributed by atoms with van der Waals surface area (Å²) in [6.45, 7) is 5.11. The maximum absolute atomic E-state index is 11.6. The molecule has 1 unspecified atom stereocenters. The van der Waals surface area contributed by atoms with Gasteiger partial charge in [0.1, 0.15) is 6.04 Å². The number of hydroxylamine groups is 2. The van der Waals surface area contributed by atoms with Crippen LogP contribution >= 0.6 is 0 Å². The van der Waals surface area contributed by atoms with E-state index in [0.29, 0.717) is 0 Å². The molecule has 14 heavy (non-hydrogen) atoms. The number of likely N-dealkylation sites (N-methyl/N-ethyl adjacent to an activating group) is 1. The number of hydrogen-bond donors (Lipinski definition) is 1. The van der Waals surface area contributed by atoms with Gasteiger partial charge < -0.3 is 5.32 Å². The van der Waals surface area contributed by atoms with Crippen molar-refractivity contribution in [2.24, 2.45) is 5.92 Å². The Hall–Kier alpha value is -1.10. The summed E-state index contributed by atoms with van der Waals surface area (Å²) in [5, 5.41) is 3.70. The summed E-state index contributed by atoms with van der Waals surface area (Å²) in [4.78, 5) is 27.2. The fourth-order valence-corrected chi connectivity index (χ4v) is 1.02. The molecule has 2 amide bonds. The Morgan fingerprint density at radius 2 is 1.86 bits per heavy atom. The minimum atomic E-state index is -0.530. The van der Waals surface area contributed by atoms with Crippen LogP contribution in [0.4, 0.5) is 0 Å². The molecule has 0 aliphatic carbocycles.